The smallest absolute Gasteiger partial charge is 0.303 e. The molecule has 0 radical (unpaired) electrons. The van der Waals surface area contributed by atoms with E-state index in [0.717, 1.165) is 38.5 Å². The van der Waals surface area contributed by atoms with Gasteiger partial charge in [-0.3, -0.25) is 4.79 Å². The number of hydrogen-bond donors (Lipinski definition) is 2. The summed E-state index contributed by atoms with van der Waals surface area (Å²) in [6, 6.07) is 0. The lowest BCUT2D eigenvalue weighted by molar-refractivity contribution is -0.137. The van der Waals surface area contributed by atoms with Gasteiger partial charge < -0.3 is 10.2 Å². The van der Waals surface area contributed by atoms with Gasteiger partial charge in [0.05, 0.1) is 6.10 Å². The van der Waals surface area contributed by atoms with Crippen molar-refractivity contribution in [2.24, 2.45) is 0 Å². The molecule has 0 saturated heterocycles. The number of carboxylic acid groups (broad SMARTS) is 1. The fourth-order valence-electron chi connectivity index (χ4n) is 2.49. The average Bonchev–Trinajstić information content (AvgIpc) is 2.51. The van der Waals surface area contributed by atoms with Crippen LogP contribution in [0.15, 0.2) is 24.3 Å². The highest BCUT2D eigenvalue weighted by Crippen LogP contribution is 2.10. The second kappa shape index (κ2) is 17.3. The Morgan fingerprint density at radius 1 is 0.913 bits per heavy atom. The molecule has 0 saturated carbocycles. The number of carbonyl (C=O) groups is 1. The van der Waals surface area contributed by atoms with Gasteiger partial charge in [0.15, 0.2) is 0 Å². The second-order valence-electron chi connectivity index (χ2n) is 6.28. The van der Waals surface area contributed by atoms with E-state index in [1.54, 1.807) is 0 Å². The maximum Gasteiger partial charge on any atom is 0.303 e. The fraction of sp³-hybridized carbons (Fsp3) is 0.750. The van der Waals surface area contributed by atoms with Crippen LogP contribution in [0, 0.1) is 0 Å². The third-order valence-electron chi connectivity index (χ3n) is 3.95. The van der Waals surface area contributed by atoms with Crippen molar-refractivity contribution >= 4 is 5.97 Å². The quantitative estimate of drug-likeness (QED) is 0.285. The molecule has 0 heterocycles. The topological polar surface area (TPSA) is 57.5 Å². The minimum absolute atomic E-state index is 0.299. The average molecular weight is 325 g/mol. The SMILES string of the molecule is CCCCC[C@@H](O)/C=C/C=C\CCCCCCCCCC(=O)O. The summed E-state index contributed by atoms with van der Waals surface area (Å²) in [6.07, 6.45) is 21.4. The van der Waals surface area contributed by atoms with E-state index in [1.807, 2.05) is 18.2 Å². The maximum absolute atomic E-state index is 10.4. The highest BCUT2D eigenvalue weighted by molar-refractivity contribution is 5.66. The molecule has 0 bridgehead atoms. The number of allylic oxidation sites excluding steroid dienone is 3. The molecular weight excluding hydrogens is 288 g/mol. The number of hydrogen-bond acceptors (Lipinski definition) is 2. The maximum atomic E-state index is 10.4. The van der Waals surface area contributed by atoms with Crippen molar-refractivity contribution in [3.63, 3.8) is 0 Å². The monoisotopic (exact) mass is 324 g/mol. The summed E-state index contributed by atoms with van der Waals surface area (Å²) < 4.78 is 0. The zero-order valence-electron chi connectivity index (χ0n) is 14.9. The fourth-order valence-corrected chi connectivity index (χ4v) is 2.49. The van der Waals surface area contributed by atoms with Crippen LogP contribution >= 0.6 is 0 Å². The molecule has 0 aliphatic heterocycles. The van der Waals surface area contributed by atoms with E-state index >= 15 is 0 Å². The first kappa shape index (κ1) is 21.9. The van der Waals surface area contributed by atoms with Crippen molar-refractivity contribution in [3.05, 3.63) is 24.3 Å². The van der Waals surface area contributed by atoms with E-state index < -0.39 is 5.97 Å². The predicted octanol–water partition coefficient (Wildman–Crippen LogP) is 5.64. The van der Waals surface area contributed by atoms with Crippen molar-refractivity contribution in [2.45, 2.75) is 96.5 Å². The molecule has 1 atom stereocenters. The summed E-state index contributed by atoms with van der Waals surface area (Å²) >= 11 is 0. The predicted molar refractivity (Wildman–Crippen MR) is 97.6 cm³/mol. The van der Waals surface area contributed by atoms with Crippen molar-refractivity contribution in [1.82, 2.24) is 0 Å². The van der Waals surface area contributed by atoms with Crippen molar-refractivity contribution < 1.29 is 15.0 Å². The number of rotatable bonds is 16. The van der Waals surface area contributed by atoms with Gasteiger partial charge in [0.25, 0.3) is 0 Å². The molecule has 3 nitrogen and oxygen atoms in total. The number of unbranched alkanes of at least 4 members (excludes halogenated alkanes) is 9. The molecular formula is C20H36O3. The number of aliphatic hydroxyl groups is 1. The first-order chi connectivity index (χ1) is 11.2. The van der Waals surface area contributed by atoms with Crippen LogP contribution in [0.5, 0.6) is 0 Å². The van der Waals surface area contributed by atoms with Gasteiger partial charge in [-0.1, -0.05) is 82.6 Å². The summed E-state index contributed by atoms with van der Waals surface area (Å²) in [5.41, 5.74) is 0. The van der Waals surface area contributed by atoms with Gasteiger partial charge in [0, 0.05) is 6.42 Å². The Bertz CT molecular complexity index is 321. The number of aliphatic hydroxyl groups excluding tert-OH is 1. The minimum Gasteiger partial charge on any atom is -0.481 e. The number of carboxylic acids is 1. The third-order valence-corrected chi connectivity index (χ3v) is 3.95. The molecule has 0 aromatic carbocycles. The first-order valence-electron chi connectivity index (χ1n) is 9.40. The lowest BCUT2D eigenvalue weighted by Crippen LogP contribution is -2.00. The van der Waals surface area contributed by atoms with Crippen LogP contribution in [0.4, 0.5) is 0 Å². The molecule has 2 N–H and O–H groups in total. The van der Waals surface area contributed by atoms with E-state index in [4.69, 9.17) is 5.11 Å². The Balaban J connectivity index is 3.32. The van der Waals surface area contributed by atoms with E-state index in [9.17, 15) is 9.90 Å². The van der Waals surface area contributed by atoms with Crippen LogP contribution in [0.25, 0.3) is 0 Å². The van der Waals surface area contributed by atoms with E-state index in [1.165, 1.54) is 38.5 Å². The summed E-state index contributed by atoms with van der Waals surface area (Å²) in [5, 5.41) is 18.2. The molecule has 0 fully saturated rings. The van der Waals surface area contributed by atoms with E-state index in [-0.39, 0.29) is 6.10 Å². The Hall–Kier alpha value is -1.09. The Morgan fingerprint density at radius 3 is 2.22 bits per heavy atom. The molecule has 0 rings (SSSR count). The van der Waals surface area contributed by atoms with Crippen molar-refractivity contribution in [3.8, 4) is 0 Å². The van der Waals surface area contributed by atoms with Crippen LogP contribution < -0.4 is 0 Å². The van der Waals surface area contributed by atoms with Gasteiger partial charge in [-0.15, -0.1) is 0 Å². The van der Waals surface area contributed by atoms with Crippen LogP contribution in [-0.2, 0) is 4.79 Å². The van der Waals surface area contributed by atoms with E-state index in [0.29, 0.717) is 6.42 Å². The molecule has 0 amide bonds. The summed E-state index contributed by atoms with van der Waals surface area (Å²) in [4.78, 5) is 10.4. The number of aliphatic carboxylic acids is 1. The van der Waals surface area contributed by atoms with Gasteiger partial charge in [-0.2, -0.15) is 0 Å². The van der Waals surface area contributed by atoms with Crippen molar-refractivity contribution in [1.29, 1.82) is 0 Å². The minimum atomic E-state index is -0.681. The van der Waals surface area contributed by atoms with Gasteiger partial charge in [-0.05, 0) is 25.7 Å². The largest absolute Gasteiger partial charge is 0.481 e. The third kappa shape index (κ3) is 18.9. The Kier molecular flexibility index (Phi) is 16.4. The molecule has 134 valence electrons. The molecule has 0 aromatic rings. The van der Waals surface area contributed by atoms with E-state index in [2.05, 4.69) is 13.0 Å². The zero-order valence-corrected chi connectivity index (χ0v) is 14.9. The molecule has 0 unspecified atom stereocenters. The van der Waals surface area contributed by atoms with Gasteiger partial charge in [0.1, 0.15) is 0 Å². The van der Waals surface area contributed by atoms with Gasteiger partial charge in [0.2, 0.25) is 0 Å². The van der Waals surface area contributed by atoms with Crippen molar-refractivity contribution in [2.75, 3.05) is 0 Å². The van der Waals surface area contributed by atoms with Crippen LogP contribution in [0.2, 0.25) is 0 Å². The molecule has 0 spiro atoms. The molecule has 23 heavy (non-hydrogen) atoms. The van der Waals surface area contributed by atoms with Gasteiger partial charge in [-0.25, -0.2) is 0 Å². The standard InChI is InChI=1S/C20H36O3/c1-2-3-13-16-19(21)17-14-11-9-7-5-4-6-8-10-12-15-18-20(22)23/h9,11,14,17,19,21H,2-8,10,12-13,15-16,18H2,1H3,(H,22,23)/b11-9-,17-14+/t19-/m1/s1. The normalized spacial score (nSPS) is 13.1. The molecule has 3 heteroatoms. The van der Waals surface area contributed by atoms with Crippen LogP contribution in [-0.4, -0.2) is 22.3 Å². The first-order valence-corrected chi connectivity index (χ1v) is 9.40. The lowest BCUT2D eigenvalue weighted by Gasteiger charge is -2.03. The molecule has 0 aliphatic rings. The zero-order chi connectivity index (χ0) is 17.2. The molecule has 0 aliphatic carbocycles. The Morgan fingerprint density at radius 2 is 1.57 bits per heavy atom. The highest BCUT2D eigenvalue weighted by Gasteiger charge is 1.97. The summed E-state index contributed by atoms with van der Waals surface area (Å²) in [6.45, 7) is 2.17. The van der Waals surface area contributed by atoms with Gasteiger partial charge >= 0.3 is 5.97 Å². The van der Waals surface area contributed by atoms with Crippen LogP contribution in [0.3, 0.4) is 0 Å². The second-order valence-corrected chi connectivity index (χ2v) is 6.28. The highest BCUT2D eigenvalue weighted by atomic mass is 16.4. The van der Waals surface area contributed by atoms with Crippen LogP contribution in [0.1, 0.15) is 90.4 Å². The lowest BCUT2D eigenvalue weighted by atomic mass is 10.1. The summed E-state index contributed by atoms with van der Waals surface area (Å²) in [5.74, 6) is -0.681. The Labute approximate surface area is 142 Å². The summed E-state index contributed by atoms with van der Waals surface area (Å²) in [7, 11) is 0. The molecule has 0 aromatic heterocycles.